The minimum Gasteiger partial charge on any atom is -0.548 e. The van der Waals surface area contributed by atoms with Gasteiger partial charge >= 0.3 is 0 Å². The first-order valence-electron chi connectivity index (χ1n) is 12.2. The fraction of sp³-hybridized carbons (Fsp3) is 1.00. The van der Waals surface area contributed by atoms with E-state index < -0.39 is 10.0 Å². The highest BCUT2D eigenvalue weighted by Crippen LogP contribution is 2.23. The molecule has 4 nitrogen and oxygen atoms in total. The lowest BCUT2D eigenvalue weighted by atomic mass is 9.93. The largest absolute Gasteiger partial charge is 0.548 e. The van der Waals surface area contributed by atoms with Crippen molar-refractivity contribution < 1.29 is 12.9 Å². The molecular formula is C24H53IN2O2S. The third-order valence-electron chi connectivity index (χ3n) is 5.35. The van der Waals surface area contributed by atoms with Gasteiger partial charge in [0.2, 0.25) is 0 Å². The van der Waals surface area contributed by atoms with Crippen LogP contribution in [0.25, 0.3) is 4.72 Å². The van der Waals surface area contributed by atoms with Gasteiger partial charge in [-0.3, -0.25) is 0 Å². The van der Waals surface area contributed by atoms with Gasteiger partial charge in [0.05, 0.1) is 37.7 Å². The zero-order chi connectivity index (χ0) is 22.2. The summed E-state index contributed by atoms with van der Waals surface area (Å²) in [6, 6.07) is 0. The van der Waals surface area contributed by atoms with Gasteiger partial charge in [-0.05, 0) is 11.8 Å². The number of sulfonamides is 1. The monoisotopic (exact) mass is 560 g/mol. The van der Waals surface area contributed by atoms with Crippen molar-refractivity contribution in [3.05, 3.63) is 4.72 Å². The van der Waals surface area contributed by atoms with E-state index in [0.29, 0.717) is 6.54 Å². The minimum atomic E-state index is -3.27. The summed E-state index contributed by atoms with van der Waals surface area (Å²) in [5.74, 6) is 0.214. The maximum Gasteiger partial charge on any atom is 0.0815 e. The Morgan fingerprint density at radius 2 is 1.07 bits per heavy atom. The molecule has 0 aliphatic carbocycles. The molecule has 0 saturated heterocycles. The van der Waals surface area contributed by atoms with Crippen LogP contribution in [0.4, 0.5) is 0 Å². The summed E-state index contributed by atoms with van der Waals surface area (Å²) >= 11 is 0. The van der Waals surface area contributed by atoms with Crippen LogP contribution in [-0.2, 0) is 10.0 Å². The van der Waals surface area contributed by atoms with E-state index in [1.54, 1.807) is 0 Å². The summed E-state index contributed by atoms with van der Waals surface area (Å²) in [6.07, 6.45) is 17.9. The molecule has 0 aromatic carbocycles. The van der Waals surface area contributed by atoms with Crippen LogP contribution >= 0.6 is 24.0 Å². The van der Waals surface area contributed by atoms with Gasteiger partial charge in [-0.1, -0.05) is 104 Å². The van der Waals surface area contributed by atoms with Gasteiger partial charge in [-0.15, -0.1) is 30.5 Å². The SMILES string of the molecule is CCCCCCCCCCCCCCCCS(=O)(=O)[N-]CC(C)(C)C[N+](C)(C)C.I. The molecule has 0 rings (SSSR count). The van der Waals surface area contributed by atoms with Gasteiger partial charge in [-0.2, -0.15) is 0 Å². The molecule has 0 spiro atoms. The summed E-state index contributed by atoms with van der Waals surface area (Å²) < 4.78 is 29.3. The van der Waals surface area contributed by atoms with Crippen molar-refractivity contribution in [2.24, 2.45) is 5.41 Å². The first-order chi connectivity index (χ1) is 13.5. The lowest BCUT2D eigenvalue weighted by Crippen LogP contribution is -2.44. The van der Waals surface area contributed by atoms with Crippen molar-refractivity contribution in [1.29, 1.82) is 0 Å². The van der Waals surface area contributed by atoms with E-state index in [1.165, 1.54) is 70.6 Å². The number of hydrogen-bond acceptors (Lipinski definition) is 2. The fourth-order valence-corrected chi connectivity index (χ4v) is 5.39. The Labute approximate surface area is 207 Å². The van der Waals surface area contributed by atoms with Crippen molar-refractivity contribution in [1.82, 2.24) is 0 Å². The summed E-state index contributed by atoms with van der Waals surface area (Å²) in [4.78, 5) is 0. The predicted molar refractivity (Wildman–Crippen MR) is 144 cm³/mol. The Morgan fingerprint density at radius 1 is 0.700 bits per heavy atom. The zero-order valence-electron chi connectivity index (χ0n) is 21.0. The average Bonchev–Trinajstić information content (AvgIpc) is 2.58. The Balaban J connectivity index is 0. The van der Waals surface area contributed by atoms with Crippen LogP contribution in [0.1, 0.15) is 111 Å². The third-order valence-corrected chi connectivity index (χ3v) is 6.67. The van der Waals surface area contributed by atoms with Gasteiger partial charge in [0, 0.05) is 5.75 Å². The maximum atomic E-state index is 12.2. The van der Waals surface area contributed by atoms with Gasteiger partial charge in [0.1, 0.15) is 0 Å². The van der Waals surface area contributed by atoms with Crippen molar-refractivity contribution in [2.75, 3.05) is 40.0 Å². The standard InChI is InChI=1S/C24H52N2O2S.HI/c1-7-8-9-10-11-12-13-14-15-16-17-18-19-20-21-29(27,28)25-22-24(2,3)23-26(4,5)6;/h7-23H2,1-6H3;1H. The summed E-state index contributed by atoms with van der Waals surface area (Å²) in [5.41, 5.74) is -0.0964. The lowest BCUT2D eigenvalue weighted by molar-refractivity contribution is -0.876. The van der Waals surface area contributed by atoms with Gasteiger partial charge in [-0.25, -0.2) is 8.42 Å². The number of hydrogen-bond donors (Lipinski definition) is 0. The molecule has 184 valence electrons. The van der Waals surface area contributed by atoms with E-state index >= 15 is 0 Å². The van der Waals surface area contributed by atoms with E-state index in [4.69, 9.17) is 0 Å². The second-order valence-electron chi connectivity index (χ2n) is 10.8. The van der Waals surface area contributed by atoms with E-state index in [1.807, 2.05) is 0 Å². The van der Waals surface area contributed by atoms with Crippen LogP contribution in [-0.4, -0.2) is 52.9 Å². The minimum absolute atomic E-state index is 0. The highest BCUT2D eigenvalue weighted by molar-refractivity contribution is 14.0. The zero-order valence-corrected chi connectivity index (χ0v) is 24.2. The molecule has 0 bridgehead atoms. The first-order valence-corrected chi connectivity index (χ1v) is 13.8. The fourth-order valence-electron chi connectivity index (χ4n) is 4.15. The number of unbranched alkanes of at least 4 members (excludes halogenated alkanes) is 13. The molecule has 0 fully saturated rings. The number of nitrogens with zero attached hydrogens (tertiary/aromatic N) is 2. The van der Waals surface area contributed by atoms with Gasteiger partial charge in [0.15, 0.2) is 0 Å². The molecule has 0 N–H and O–H groups in total. The van der Waals surface area contributed by atoms with Crippen LogP contribution in [0.5, 0.6) is 0 Å². The second-order valence-corrected chi connectivity index (χ2v) is 12.6. The Hall–Kier alpha value is 0.600. The number of rotatable bonds is 20. The molecule has 0 atom stereocenters. The molecule has 0 aromatic rings. The predicted octanol–water partition coefficient (Wildman–Crippen LogP) is 7.52. The average molecular weight is 561 g/mol. The van der Waals surface area contributed by atoms with Crippen LogP contribution in [0.3, 0.4) is 0 Å². The highest BCUT2D eigenvalue weighted by atomic mass is 127. The molecule has 0 amide bonds. The van der Waals surface area contributed by atoms with Gasteiger partial charge in [0.25, 0.3) is 0 Å². The van der Waals surface area contributed by atoms with E-state index in [2.05, 4.69) is 46.6 Å². The van der Waals surface area contributed by atoms with Crippen LogP contribution in [0.15, 0.2) is 0 Å². The molecule has 0 aliphatic rings. The number of halogens is 1. The highest BCUT2D eigenvalue weighted by Gasteiger charge is 2.23. The quantitative estimate of drug-likeness (QED) is 0.0878. The molecular weight excluding hydrogens is 507 g/mol. The molecule has 0 aliphatic heterocycles. The first kappa shape index (κ1) is 32.8. The summed E-state index contributed by atoms with van der Waals surface area (Å²) in [5, 5.41) is 0. The summed E-state index contributed by atoms with van der Waals surface area (Å²) in [6.45, 7) is 7.77. The van der Waals surface area contributed by atoms with E-state index in [9.17, 15) is 8.42 Å². The Morgan fingerprint density at radius 3 is 1.43 bits per heavy atom. The van der Waals surface area contributed by atoms with E-state index in [-0.39, 0.29) is 35.1 Å². The molecule has 0 aromatic heterocycles. The Kier molecular flexibility index (Phi) is 19.7. The van der Waals surface area contributed by atoms with Crippen LogP contribution < -0.4 is 0 Å². The summed E-state index contributed by atoms with van der Waals surface area (Å²) in [7, 11) is 3.12. The molecule has 0 unspecified atom stereocenters. The number of quaternary nitrogens is 1. The van der Waals surface area contributed by atoms with Gasteiger partial charge < -0.3 is 9.21 Å². The Bertz CT molecular complexity index is 488. The molecule has 6 heteroatoms. The molecule has 0 saturated carbocycles. The normalized spacial score (nSPS) is 12.7. The lowest BCUT2D eigenvalue weighted by Gasteiger charge is -2.38. The molecule has 0 heterocycles. The van der Waals surface area contributed by atoms with Crippen molar-refractivity contribution >= 4 is 34.0 Å². The van der Waals surface area contributed by atoms with Crippen LogP contribution in [0, 0.1) is 5.41 Å². The molecule has 30 heavy (non-hydrogen) atoms. The smallest absolute Gasteiger partial charge is 0.0815 e. The van der Waals surface area contributed by atoms with Crippen molar-refractivity contribution in [2.45, 2.75) is 111 Å². The topological polar surface area (TPSA) is 48.2 Å². The maximum absolute atomic E-state index is 12.2. The second kappa shape index (κ2) is 18.1. The van der Waals surface area contributed by atoms with Crippen molar-refractivity contribution in [3.8, 4) is 0 Å². The van der Waals surface area contributed by atoms with Crippen LogP contribution in [0.2, 0.25) is 0 Å². The van der Waals surface area contributed by atoms with E-state index in [0.717, 1.165) is 30.3 Å². The third kappa shape index (κ3) is 23.3. The molecule has 0 radical (unpaired) electrons. The van der Waals surface area contributed by atoms with Crippen molar-refractivity contribution in [3.63, 3.8) is 0 Å².